The maximum Gasteiger partial charge on any atom is 0.265 e. The monoisotopic (exact) mass is 415 g/mol. The average Bonchev–Trinajstić information content (AvgIpc) is 3.04. The van der Waals surface area contributed by atoms with Gasteiger partial charge < -0.3 is 14.5 Å². The fourth-order valence-electron chi connectivity index (χ4n) is 4.29. The number of hydrogen-bond donors (Lipinski definition) is 1. The van der Waals surface area contributed by atoms with E-state index in [4.69, 9.17) is 9.15 Å². The summed E-state index contributed by atoms with van der Waals surface area (Å²) in [7, 11) is 0. The zero-order valence-electron chi connectivity index (χ0n) is 18.2. The fourth-order valence-corrected chi connectivity index (χ4v) is 4.29. The smallest absolute Gasteiger partial charge is 0.265 e. The highest BCUT2D eigenvalue weighted by atomic mass is 16.5. The van der Waals surface area contributed by atoms with Gasteiger partial charge in [0.05, 0.1) is 5.69 Å². The second-order valence-corrected chi connectivity index (χ2v) is 8.16. The van der Waals surface area contributed by atoms with Crippen molar-refractivity contribution in [1.29, 1.82) is 0 Å². The summed E-state index contributed by atoms with van der Waals surface area (Å²) >= 11 is 0. The molecule has 6 nitrogen and oxygen atoms in total. The number of fused-ring (bicyclic) bond motifs is 3. The van der Waals surface area contributed by atoms with Crippen molar-refractivity contribution in [2.75, 3.05) is 5.32 Å². The zero-order chi connectivity index (χ0) is 21.7. The number of nitrogens with one attached hydrogen (secondary N) is 1. The number of nitrogens with zero attached hydrogens (tertiary/aromatic N) is 2. The maximum absolute atomic E-state index is 12.1. The highest BCUT2D eigenvalue weighted by Gasteiger charge is 2.29. The van der Waals surface area contributed by atoms with Gasteiger partial charge in [0.25, 0.3) is 5.91 Å². The van der Waals surface area contributed by atoms with E-state index in [-0.39, 0.29) is 5.91 Å². The van der Waals surface area contributed by atoms with Crippen LogP contribution >= 0.6 is 0 Å². The number of anilines is 1. The van der Waals surface area contributed by atoms with Gasteiger partial charge in [-0.05, 0) is 62.1 Å². The number of carbonyl (C=O) groups excluding carboxylic acids is 1. The van der Waals surface area contributed by atoms with Crippen molar-refractivity contribution < 1.29 is 13.9 Å². The van der Waals surface area contributed by atoms with Crippen molar-refractivity contribution in [2.45, 2.75) is 53.1 Å². The van der Waals surface area contributed by atoms with Gasteiger partial charge in [-0.15, -0.1) is 5.10 Å². The summed E-state index contributed by atoms with van der Waals surface area (Å²) in [6.45, 7) is 7.98. The highest BCUT2D eigenvalue weighted by molar-refractivity contribution is 6.17. The van der Waals surface area contributed by atoms with Crippen molar-refractivity contribution in [3.63, 3.8) is 0 Å². The summed E-state index contributed by atoms with van der Waals surface area (Å²) in [5.74, 6) is 1.25. The second kappa shape index (κ2) is 7.38. The van der Waals surface area contributed by atoms with Gasteiger partial charge in [-0.1, -0.05) is 19.9 Å². The Morgan fingerprint density at radius 1 is 1.13 bits per heavy atom. The van der Waals surface area contributed by atoms with Gasteiger partial charge in [-0.25, -0.2) is 0 Å². The van der Waals surface area contributed by atoms with Crippen molar-refractivity contribution in [3.05, 3.63) is 58.3 Å². The van der Waals surface area contributed by atoms with Crippen molar-refractivity contribution in [2.24, 2.45) is 10.2 Å². The maximum atomic E-state index is 12.1. The van der Waals surface area contributed by atoms with Crippen LogP contribution in [0.2, 0.25) is 0 Å². The lowest BCUT2D eigenvalue weighted by Gasteiger charge is -2.25. The molecule has 5 rings (SSSR count). The first-order chi connectivity index (χ1) is 15.0. The first kappa shape index (κ1) is 19.5. The molecule has 3 heterocycles. The zero-order valence-corrected chi connectivity index (χ0v) is 18.2. The van der Waals surface area contributed by atoms with Crippen molar-refractivity contribution in [1.82, 2.24) is 0 Å². The SMILES string of the molecule is CCc1ccc2oc(C3=NN=C(C)Cc4cc5c(cc43)OC(C)C(=O)N5)c(CC)c2c1. The Morgan fingerprint density at radius 3 is 2.74 bits per heavy atom. The first-order valence-electron chi connectivity index (χ1n) is 10.8. The lowest BCUT2D eigenvalue weighted by molar-refractivity contribution is -0.122. The molecule has 1 N–H and O–H groups in total. The summed E-state index contributed by atoms with van der Waals surface area (Å²) in [6, 6.07) is 10.3. The predicted octanol–water partition coefficient (Wildman–Crippen LogP) is 5.05. The molecule has 31 heavy (non-hydrogen) atoms. The molecular weight excluding hydrogens is 390 g/mol. The third-order valence-corrected chi connectivity index (χ3v) is 5.99. The van der Waals surface area contributed by atoms with E-state index in [1.165, 1.54) is 5.56 Å². The van der Waals surface area contributed by atoms with E-state index in [1.54, 1.807) is 6.92 Å². The van der Waals surface area contributed by atoms with E-state index in [0.29, 0.717) is 23.6 Å². The Morgan fingerprint density at radius 2 is 1.97 bits per heavy atom. The number of hydrogen-bond acceptors (Lipinski definition) is 5. The molecule has 0 bridgehead atoms. The minimum atomic E-state index is -0.542. The first-order valence-corrected chi connectivity index (χ1v) is 10.8. The summed E-state index contributed by atoms with van der Waals surface area (Å²) < 4.78 is 12.2. The topological polar surface area (TPSA) is 76.2 Å². The summed E-state index contributed by atoms with van der Waals surface area (Å²) in [5, 5.41) is 13.1. The molecular formula is C25H25N3O3. The van der Waals surface area contributed by atoms with Gasteiger partial charge in [-0.3, -0.25) is 4.79 Å². The number of carbonyl (C=O) groups is 1. The van der Waals surface area contributed by atoms with E-state index < -0.39 is 6.10 Å². The van der Waals surface area contributed by atoms with Gasteiger partial charge in [0.1, 0.15) is 17.0 Å². The largest absolute Gasteiger partial charge is 0.479 e. The lowest BCUT2D eigenvalue weighted by Crippen LogP contribution is -2.34. The van der Waals surface area contributed by atoms with E-state index in [0.717, 1.165) is 52.0 Å². The minimum Gasteiger partial charge on any atom is -0.479 e. The van der Waals surface area contributed by atoms with Crippen LogP contribution in [0, 0.1) is 0 Å². The molecule has 2 aromatic carbocycles. The van der Waals surface area contributed by atoms with Gasteiger partial charge in [0.15, 0.2) is 11.9 Å². The van der Waals surface area contributed by atoms with Crippen LogP contribution in [0.15, 0.2) is 45.0 Å². The third-order valence-electron chi connectivity index (χ3n) is 5.99. The molecule has 158 valence electrons. The fraction of sp³-hybridized carbons (Fsp3) is 0.320. The molecule has 0 spiro atoms. The van der Waals surface area contributed by atoms with Crippen LogP contribution in [0.25, 0.3) is 11.0 Å². The Balaban J connectivity index is 1.72. The molecule has 1 amide bonds. The molecule has 2 aliphatic rings. The van der Waals surface area contributed by atoms with E-state index >= 15 is 0 Å². The number of benzene rings is 2. The van der Waals surface area contributed by atoms with Gasteiger partial charge >= 0.3 is 0 Å². The number of furan rings is 1. The van der Waals surface area contributed by atoms with E-state index in [1.807, 2.05) is 25.1 Å². The van der Waals surface area contributed by atoms with Gasteiger partial charge in [0.2, 0.25) is 0 Å². The molecule has 0 fully saturated rings. The van der Waals surface area contributed by atoms with Crippen LogP contribution in [0.3, 0.4) is 0 Å². The van der Waals surface area contributed by atoms with Crippen LogP contribution in [0.1, 0.15) is 55.7 Å². The van der Waals surface area contributed by atoms with Gasteiger partial charge in [-0.2, -0.15) is 5.10 Å². The van der Waals surface area contributed by atoms with Gasteiger partial charge in [0, 0.05) is 28.6 Å². The molecule has 1 aromatic heterocycles. The van der Waals surface area contributed by atoms with Crippen LogP contribution in [-0.2, 0) is 24.1 Å². The number of aryl methyl sites for hydroxylation is 2. The van der Waals surface area contributed by atoms with Crippen molar-refractivity contribution >= 4 is 34.0 Å². The van der Waals surface area contributed by atoms with E-state index in [2.05, 4.69) is 41.5 Å². The van der Waals surface area contributed by atoms with Crippen LogP contribution in [-0.4, -0.2) is 23.4 Å². The van der Waals surface area contributed by atoms with Crippen LogP contribution < -0.4 is 10.1 Å². The predicted molar refractivity (Wildman–Crippen MR) is 123 cm³/mol. The normalized spacial score (nSPS) is 17.8. The molecule has 1 atom stereocenters. The molecule has 0 radical (unpaired) electrons. The lowest BCUT2D eigenvalue weighted by atomic mass is 9.94. The summed E-state index contributed by atoms with van der Waals surface area (Å²) in [5.41, 5.74) is 7.50. The standard InChI is InChI=1S/C25H25N3O3/c1-5-15-7-8-21-19(10-15)17(6-2)24(31-21)23-18-12-22-20(26-25(29)14(4)30-22)11-16(18)9-13(3)27-28-23/h7-8,10-12,14H,5-6,9H2,1-4H3,(H,26,29). The van der Waals surface area contributed by atoms with Crippen molar-refractivity contribution in [3.8, 4) is 5.75 Å². The minimum absolute atomic E-state index is 0.141. The molecule has 2 aliphatic heterocycles. The number of amides is 1. The number of rotatable bonds is 3. The quantitative estimate of drug-likeness (QED) is 0.651. The molecule has 3 aromatic rings. The molecule has 1 unspecified atom stereocenters. The Bertz CT molecular complexity index is 1280. The molecule has 0 aliphatic carbocycles. The average molecular weight is 415 g/mol. The summed E-state index contributed by atoms with van der Waals surface area (Å²) in [4.78, 5) is 12.1. The Kier molecular flexibility index (Phi) is 4.65. The molecule has 0 saturated heterocycles. The Hall–Kier alpha value is -3.41. The van der Waals surface area contributed by atoms with Crippen LogP contribution in [0.4, 0.5) is 5.69 Å². The van der Waals surface area contributed by atoms with Crippen LogP contribution in [0.5, 0.6) is 5.75 Å². The third kappa shape index (κ3) is 3.23. The highest BCUT2D eigenvalue weighted by Crippen LogP contribution is 2.37. The number of ether oxygens (including phenoxy) is 1. The second-order valence-electron chi connectivity index (χ2n) is 8.16. The summed E-state index contributed by atoms with van der Waals surface area (Å²) in [6.07, 6.45) is 1.89. The van der Waals surface area contributed by atoms with E-state index in [9.17, 15) is 4.79 Å². The molecule has 0 saturated carbocycles. The molecule has 6 heteroatoms. The Labute approximate surface area is 181 Å².